The van der Waals surface area contributed by atoms with Gasteiger partial charge >= 0.3 is 0 Å². The Morgan fingerprint density at radius 3 is 2.62 bits per heavy atom. The van der Waals surface area contributed by atoms with E-state index in [1.165, 1.54) is 25.5 Å². The number of benzene rings is 1. The average Bonchev–Trinajstić information content (AvgIpc) is 3.14. The number of carbonyl (C=O) groups is 2. The number of carbonyl (C=O) groups excluding carboxylic acids is 2. The van der Waals surface area contributed by atoms with Crippen LogP contribution in [-0.2, 0) is 12.4 Å². The molecule has 0 unspecified atom stereocenters. The number of nitrogens with one attached hydrogen (secondary N) is 1. The molecule has 2 amide bonds. The van der Waals surface area contributed by atoms with Crippen LogP contribution in [0.3, 0.4) is 0 Å². The first-order chi connectivity index (χ1) is 13.9. The maximum atomic E-state index is 12.3. The van der Waals surface area contributed by atoms with E-state index in [0.29, 0.717) is 21.5 Å². The van der Waals surface area contributed by atoms with Crippen molar-refractivity contribution in [2.75, 3.05) is 5.32 Å². The third-order valence-electron chi connectivity index (χ3n) is 4.13. The molecule has 0 saturated carbocycles. The zero-order valence-corrected chi connectivity index (χ0v) is 16.4. The predicted molar refractivity (Wildman–Crippen MR) is 108 cm³/mol. The average molecular weight is 405 g/mol. The van der Waals surface area contributed by atoms with Crippen LogP contribution in [0.4, 0.5) is 5.69 Å². The molecule has 1 aromatic carbocycles. The lowest BCUT2D eigenvalue weighted by atomic mass is 10.1. The Hall–Kier alpha value is -3.83. The fraction of sp³-hybridized carbons (Fsp3) is 0.0952. The number of anilines is 1. The van der Waals surface area contributed by atoms with Gasteiger partial charge in [-0.3, -0.25) is 9.59 Å². The van der Waals surface area contributed by atoms with Crippen molar-refractivity contribution < 1.29 is 18.7 Å². The molecule has 0 radical (unpaired) electrons. The Balaban J connectivity index is 1.85. The van der Waals surface area contributed by atoms with Crippen LogP contribution < -0.4 is 10.0 Å². The maximum absolute atomic E-state index is 12.3. The number of hydrogen-bond acceptors (Lipinski definition) is 5. The van der Waals surface area contributed by atoms with Gasteiger partial charge in [-0.15, -0.1) is 4.36 Å². The Morgan fingerprint density at radius 2 is 1.93 bits per heavy atom. The quantitative estimate of drug-likeness (QED) is 0.410. The van der Waals surface area contributed by atoms with Gasteiger partial charge in [-0.25, -0.2) is 0 Å². The summed E-state index contributed by atoms with van der Waals surface area (Å²) in [4.78, 5) is 24.0. The molecule has 0 aliphatic carbocycles. The number of aryl methyl sites for hydroxylation is 1. The van der Waals surface area contributed by atoms with E-state index >= 15 is 0 Å². The first kappa shape index (κ1) is 19.9. The van der Waals surface area contributed by atoms with Crippen molar-refractivity contribution in [3.05, 3.63) is 87.8 Å². The Bertz CT molecular complexity index is 1190. The summed E-state index contributed by atoms with van der Waals surface area (Å²) in [5.74, 6) is 4.96. The van der Waals surface area contributed by atoms with Gasteiger partial charge < -0.3 is 14.9 Å². The number of pyridine rings is 1. The fourth-order valence-corrected chi connectivity index (χ4v) is 2.68. The van der Waals surface area contributed by atoms with Crippen molar-refractivity contribution in [2.24, 2.45) is 4.36 Å². The van der Waals surface area contributed by atoms with Crippen molar-refractivity contribution in [3.63, 3.8) is 0 Å². The molecule has 0 spiro atoms. The van der Waals surface area contributed by atoms with Gasteiger partial charge in [-0.05, 0) is 37.3 Å². The first-order valence-electron chi connectivity index (χ1n) is 8.48. The monoisotopic (exact) mass is 405 g/mol. The predicted octanol–water partition coefficient (Wildman–Crippen LogP) is 3.05. The summed E-state index contributed by atoms with van der Waals surface area (Å²) in [6.07, 6.45) is 2.72. The third-order valence-corrected chi connectivity index (χ3v) is 4.30. The molecule has 0 bridgehead atoms. The van der Waals surface area contributed by atoms with Crippen LogP contribution in [-0.4, -0.2) is 11.8 Å². The topological polar surface area (TPSA) is 98.6 Å². The van der Waals surface area contributed by atoms with E-state index in [1.54, 1.807) is 37.3 Å². The highest BCUT2D eigenvalue weighted by Crippen LogP contribution is 2.15. The molecular formula is C21H15N3O4S. The SMILES string of the molecule is Cc1ccoc1C(=O)Nc1cccc(C#Cc2cc(C(=O)N=S)c(C)[n+]([O-])c2)c1. The molecule has 0 aliphatic rings. The molecule has 1 N–H and O–H groups in total. The van der Waals surface area contributed by atoms with E-state index in [1.807, 2.05) is 0 Å². The van der Waals surface area contributed by atoms with Crippen molar-refractivity contribution in [2.45, 2.75) is 13.8 Å². The molecule has 3 rings (SSSR count). The Morgan fingerprint density at radius 1 is 1.17 bits per heavy atom. The minimum absolute atomic E-state index is 0.108. The lowest BCUT2D eigenvalue weighted by Crippen LogP contribution is -2.32. The second kappa shape index (κ2) is 8.46. The zero-order chi connectivity index (χ0) is 21.0. The van der Waals surface area contributed by atoms with E-state index in [2.05, 4.69) is 33.9 Å². The van der Waals surface area contributed by atoms with E-state index in [4.69, 9.17) is 4.42 Å². The van der Waals surface area contributed by atoms with Gasteiger partial charge in [0.2, 0.25) is 5.69 Å². The number of hydrogen-bond donors (Lipinski definition) is 1. The molecule has 144 valence electrons. The molecule has 7 nitrogen and oxygen atoms in total. The highest BCUT2D eigenvalue weighted by atomic mass is 32.1. The van der Waals surface area contributed by atoms with Crippen molar-refractivity contribution in [1.82, 2.24) is 0 Å². The maximum Gasteiger partial charge on any atom is 0.294 e. The molecule has 0 fully saturated rings. The summed E-state index contributed by atoms with van der Waals surface area (Å²) in [5, 5.41) is 14.7. The number of amides is 2. The smallest absolute Gasteiger partial charge is 0.294 e. The first-order valence-corrected chi connectivity index (χ1v) is 8.84. The molecule has 0 atom stereocenters. The molecule has 3 aromatic rings. The van der Waals surface area contributed by atoms with Crippen LogP contribution in [0, 0.1) is 30.9 Å². The zero-order valence-electron chi connectivity index (χ0n) is 15.6. The second-order valence-corrected chi connectivity index (χ2v) is 6.35. The van der Waals surface area contributed by atoms with Crippen molar-refractivity contribution >= 4 is 29.9 Å². The number of rotatable bonds is 3. The fourth-order valence-electron chi connectivity index (χ4n) is 2.59. The van der Waals surface area contributed by atoms with Crippen molar-refractivity contribution in [1.29, 1.82) is 0 Å². The molecule has 8 heteroatoms. The Labute approximate surface area is 172 Å². The molecule has 0 aliphatic heterocycles. The summed E-state index contributed by atoms with van der Waals surface area (Å²) in [7, 11) is 0. The normalized spacial score (nSPS) is 10.0. The highest BCUT2D eigenvalue weighted by Gasteiger charge is 2.16. The van der Waals surface area contributed by atoms with E-state index in [-0.39, 0.29) is 22.9 Å². The van der Waals surface area contributed by atoms with Crippen LogP contribution in [0.5, 0.6) is 0 Å². The van der Waals surface area contributed by atoms with Gasteiger partial charge in [-0.1, -0.05) is 17.9 Å². The lowest BCUT2D eigenvalue weighted by molar-refractivity contribution is -0.612. The van der Waals surface area contributed by atoms with Gasteiger partial charge in [0.1, 0.15) is 5.56 Å². The summed E-state index contributed by atoms with van der Waals surface area (Å²) in [6, 6.07) is 10.1. The van der Waals surface area contributed by atoms with Gasteiger partial charge in [0.05, 0.1) is 11.8 Å². The lowest BCUT2D eigenvalue weighted by Gasteiger charge is -2.05. The van der Waals surface area contributed by atoms with E-state index in [0.717, 1.165) is 5.56 Å². The molecule has 2 aromatic heterocycles. The number of nitrogens with zero attached hydrogens (tertiary/aromatic N) is 2. The molecule has 2 heterocycles. The minimum atomic E-state index is -0.663. The van der Waals surface area contributed by atoms with E-state index in [9.17, 15) is 14.8 Å². The third kappa shape index (κ3) is 4.54. The van der Waals surface area contributed by atoms with Gasteiger partial charge in [0.25, 0.3) is 11.8 Å². The van der Waals surface area contributed by atoms with Crippen LogP contribution in [0.25, 0.3) is 0 Å². The van der Waals surface area contributed by atoms with Crippen LogP contribution in [0.1, 0.15) is 43.3 Å². The van der Waals surface area contributed by atoms with Gasteiger partial charge in [-0.2, -0.15) is 4.73 Å². The number of furan rings is 1. The molecular weight excluding hydrogens is 390 g/mol. The Kier molecular flexibility index (Phi) is 5.81. The minimum Gasteiger partial charge on any atom is -0.618 e. The molecule has 29 heavy (non-hydrogen) atoms. The second-order valence-electron chi connectivity index (χ2n) is 6.17. The summed E-state index contributed by atoms with van der Waals surface area (Å²) in [6.45, 7) is 3.28. The van der Waals surface area contributed by atoms with Crippen LogP contribution in [0.2, 0.25) is 0 Å². The standard InChI is InChI=1S/C21H15N3O4S/c1-13-8-9-28-19(13)21(26)22-17-5-3-4-15(10-17)6-7-16-11-18(20(25)23-29)14(2)24(27)12-16/h3-5,8-12H,1-2H3,(H,22,26). The highest BCUT2D eigenvalue weighted by molar-refractivity contribution is 7.47. The summed E-state index contributed by atoms with van der Waals surface area (Å²) < 4.78 is 8.92. The summed E-state index contributed by atoms with van der Waals surface area (Å²) in [5.41, 5.74) is 2.54. The van der Waals surface area contributed by atoms with E-state index < -0.39 is 5.91 Å². The largest absolute Gasteiger partial charge is 0.618 e. The van der Waals surface area contributed by atoms with Crippen LogP contribution >= 0.6 is 0 Å². The van der Waals surface area contributed by atoms with Crippen molar-refractivity contribution in [3.8, 4) is 11.8 Å². The molecule has 0 saturated heterocycles. The summed E-state index contributed by atoms with van der Waals surface area (Å²) >= 11 is 4.42. The van der Waals surface area contributed by atoms with Gasteiger partial charge in [0, 0.05) is 36.2 Å². The van der Waals surface area contributed by atoms with Gasteiger partial charge in [0.15, 0.2) is 12.0 Å². The van der Waals surface area contributed by atoms with Crippen LogP contribution in [0.15, 0.2) is 57.6 Å². The number of aromatic nitrogens is 1.